The predicted molar refractivity (Wildman–Crippen MR) is 171 cm³/mol. The molecule has 11 nitrogen and oxygen atoms in total. The lowest BCUT2D eigenvalue weighted by Gasteiger charge is -2.24. The number of aliphatic hydroxyl groups excluding tert-OH is 2. The molecule has 0 saturated carbocycles. The number of halogens is 2. The molecular weight excluding hydrogens is 635 g/mol. The van der Waals surface area contributed by atoms with Crippen molar-refractivity contribution in [3.8, 4) is 11.5 Å². The highest BCUT2D eigenvalue weighted by atomic mass is 35.5. The van der Waals surface area contributed by atoms with Gasteiger partial charge in [0.25, 0.3) is 0 Å². The maximum atomic E-state index is 13.5. The van der Waals surface area contributed by atoms with Crippen molar-refractivity contribution in [2.24, 2.45) is 0 Å². The summed E-state index contributed by atoms with van der Waals surface area (Å²) in [5.74, 6) is 0.554. The largest absolute Gasteiger partial charge is 0.489 e. The van der Waals surface area contributed by atoms with Gasteiger partial charge in [0.1, 0.15) is 48.8 Å². The normalized spacial score (nSPS) is 17.2. The number of ether oxygens (including phenoxy) is 2. The summed E-state index contributed by atoms with van der Waals surface area (Å²) in [4.78, 5) is 21.6. The van der Waals surface area contributed by atoms with E-state index in [4.69, 9.17) is 21.1 Å². The van der Waals surface area contributed by atoms with E-state index < -0.39 is 22.3 Å². The minimum absolute atomic E-state index is 0.0554. The third-order valence-electron chi connectivity index (χ3n) is 6.54. The Labute approximate surface area is 262 Å². The van der Waals surface area contributed by atoms with Crippen molar-refractivity contribution in [2.45, 2.75) is 30.8 Å². The molecule has 2 atom stereocenters. The van der Waals surface area contributed by atoms with Crippen LogP contribution < -0.4 is 20.1 Å². The molecule has 1 fully saturated rings. The van der Waals surface area contributed by atoms with E-state index in [-0.39, 0.29) is 53.8 Å². The third kappa shape index (κ3) is 8.41. The van der Waals surface area contributed by atoms with Crippen LogP contribution >= 0.6 is 32.0 Å². The number of hydrogen-bond acceptors (Lipinski definition) is 11. The van der Waals surface area contributed by atoms with Gasteiger partial charge in [0.05, 0.1) is 22.8 Å². The lowest BCUT2D eigenvalue weighted by molar-refractivity contribution is -0.116. The first-order valence-corrected chi connectivity index (χ1v) is 17.0. The van der Waals surface area contributed by atoms with Crippen LogP contribution in [0.15, 0.2) is 60.9 Å². The van der Waals surface area contributed by atoms with E-state index in [1.165, 1.54) is 18.5 Å². The first-order valence-electron chi connectivity index (χ1n) is 13.5. The van der Waals surface area contributed by atoms with Gasteiger partial charge in [-0.1, -0.05) is 23.7 Å². The number of benzene rings is 3. The molecule has 4 aromatic rings. The topological polar surface area (TPSA) is 166 Å². The predicted octanol–water partition coefficient (Wildman–Crippen LogP) is 5.98. The van der Waals surface area contributed by atoms with Gasteiger partial charge in [-0.05, 0) is 59.2 Å². The van der Waals surface area contributed by atoms with Gasteiger partial charge in [0, 0.05) is 34.6 Å². The number of carbonyl (C=O) groups is 1. The summed E-state index contributed by atoms with van der Waals surface area (Å²) in [5, 5.41) is 25.6. The molecular formula is C29H30ClFN4O7S2. The van der Waals surface area contributed by atoms with E-state index in [0.29, 0.717) is 45.2 Å². The fourth-order valence-electron chi connectivity index (χ4n) is 4.40. The van der Waals surface area contributed by atoms with Gasteiger partial charge >= 0.3 is 0 Å². The van der Waals surface area contributed by atoms with Crippen molar-refractivity contribution in [3.63, 3.8) is 0 Å². The van der Waals surface area contributed by atoms with Gasteiger partial charge in [0.2, 0.25) is 5.91 Å². The van der Waals surface area contributed by atoms with E-state index >= 15 is 0 Å². The molecule has 234 valence electrons. The Morgan fingerprint density at radius 2 is 1.98 bits per heavy atom. The molecule has 2 heterocycles. The first kappa shape index (κ1) is 32.0. The number of anilines is 3. The van der Waals surface area contributed by atoms with E-state index in [1.54, 1.807) is 42.5 Å². The van der Waals surface area contributed by atoms with Gasteiger partial charge in [0.15, 0.2) is 0 Å². The summed E-state index contributed by atoms with van der Waals surface area (Å²) >= 11 is 6.47. The van der Waals surface area contributed by atoms with Crippen LogP contribution in [-0.4, -0.2) is 65.5 Å². The number of hydrogen-bond donors (Lipinski definition) is 6. The second kappa shape index (κ2) is 14.2. The fraction of sp³-hybridized carbons (Fsp3) is 0.276. The lowest BCUT2D eigenvalue weighted by Crippen LogP contribution is -2.22. The molecule has 0 bridgehead atoms. The second-order valence-corrected chi connectivity index (χ2v) is 15.1. The summed E-state index contributed by atoms with van der Waals surface area (Å²) in [7, 11) is -1.71. The Hall–Kier alpha value is -3.37. The molecule has 0 spiro atoms. The highest BCUT2D eigenvalue weighted by Gasteiger charge is 2.31. The molecule has 6 N–H and O–H groups in total. The summed E-state index contributed by atoms with van der Waals surface area (Å²) in [6, 6.07) is 14.4. The molecule has 1 aliphatic rings. The number of amides is 1. The maximum absolute atomic E-state index is 13.5. The van der Waals surface area contributed by atoms with Crippen molar-refractivity contribution < 1.29 is 38.0 Å². The number of aromatic nitrogens is 2. The van der Waals surface area contributed by atoms with Crippen molar-refractivity contribution in [1.29, 1.82) is 0 Å². The third-order valence-corrected chi connectivity index (χ3v) is 10.8. The molecule has 1 saturated heterocycles. The van der Waals surface area contributed by atoms with E-state index in [1.807, 2.05) is 0 Å². The Kier molecular flexibility index (Phi) is 10.3. The Bertz CT molecular complexity index is 1650. The molecule has 0 radical (unpaired) electrons. The van der Waals surface area contributed by atoms with Crippen LogP contribution in [0.1, 0.15) is 18.4 Å². The van der Waals surface area contributed by atoms with E-state index in [2.05, 4.69) is 20.6 Å². The second-order valence-electron chi connectivity index (χ2n) is 9.99. The van der Waals surface area contributed by atoms with Crippen LogP contribution in [0.25, 0.3) is 10.9 Å². The zero-order chi connectivity index (χ0) is 31.3. The fourth-order valence-corrected chi connectivity index (χ4v) is 8.72. The number of rotatable bonds is 12. The SMILES string of the molecule is O=C(CC1CCS(O)(O)S1)Nc1cc2c(Nc3ccc(OCc4cccc(F)c4)c(Cl)c3)ncnc2cc1OCC(O)CO. The molecule has 5 rings (SSSR count). The summed E-state index contributed by atoms with van der Waals surface area (Å²) in [6.45, 7) is -0.600. The van der Waals surface area contributed by atoms with Crippen LogP contribution in [0.4, 0.5) is 21.6 Å². The zero-order valence-electron chi connectivity index (χ0n) is 23.2. The summed E-state index contributed by atoms with van der Waals surface area (Å²) in [6.07, 6.45) is 0.772. The van der Waals surface area contributed by atoms with Gasteiger partial charge in [-0.15, -0.1) is 9.62 Å². The van der Waals surface area contributed by atoms with Crippen LogP contribution in [0.2, 0.25) is 5.02 Å². The number of fused-ring (bicyclic) bond motifs is 1. The van der Waals surface area contributed by atoms with Gasteiger partial charge in [-0.25, -0.2) is 14.4 Å². The lowest BCUT2D eigenvalue weighted by atomic mass is 10.1. The number of carbonyl (C=O) groups excluding carboxylic acids is 1. The highest BCUT2D eigenvalue weighted by Crippen LogP contribution is 2.61. The molecule has 44 heavy (non-hydrogen) atoms. The molecule has 1 amide bonds. The average Bonchev–Trinajstić information content (AvgIpc) is 3.33. The Morgan fingerprint density at radius 1 is 1.14 bits per heavy atom. The molecule has 3 aromatic carbocycles. The Morgan fingerprint density at radius 3 is 2.70 bits per heavy atom. The van der Waals surface area contributed by atoms with Gasteiger partial charge < -0.3 is 30.3 Å². The number of nitrogens with zero attached hydrogens (tertiary/aromatic N) is 2. The molecule has 1 aliphatic heterocycles. The monoisotopic (exact) mass is 664 g/mol. The van der Waals surface area contributed by atoms with Crippen molar-refractivity contribution in [1.82, 2.24) is 9.97 Å². The van der Waals surface area contributed by atoms with Gasteiger partial charge in [-0.3, -0.25) is 13.9 Å². The van der Waals surface area contributed by atoms with Crippen molar-refractivity contribution >= 4 is 66.0 Å². The van der Waals surface area contributed by atoms with Crippen LogP contribution in [0.3, 0.4) is 0 Å². The molecule has 1 aromatic heterocycles. The Balaban J connectivity index is 1.36. The molecule has 15 heteroatoms. The summed E-state index contributed by atoms with van der Waals surface area (Å²) in [5.41, 5.74) is 1.99. The quantitative estimate of drug-likeness (QED) is 0.0987. The number of aliphatic hydroxyl groups is 2. The van der Waals surface area contributed by atoms with E-state index in [0.717, 1.165) is 10.8 Å². The molecule has 0 aliphatic carbocycles. The number of nitrogens with one attached hydrogen (secondary N) is 2. The maximum Gasteiger partial charge on any atom is 0.225 e. The first-order chi connectivity index (χ1) is 21.1. The highest BCUT2D eigenvalue weighted by molar-refractivity contribution is 8.90. The van der Waals surface area contributed by atoms with Gasteiger partial charge in [-0.2, -0.15) is 0 Å². The van der Waals surface area contributed by atoms with Crippen molar-refractivity contribution in [3.05, 3.63) is 77.3 Å². The minimum atomic E-state index is -2.73. The van der Waals surface area contributed by atoms with Crippen molar-refractivity contribution in [2.75, 3.05) is 29.6 Å². The van der Waals surface area contributed by atoms with Crippen LogP contribution in [0.5, 0.6) is 11.5 Å². The zero-order valence-corrected chi connectivity index (χ0v) is 25.5. The van der Waals surface area contributed by atoms with Crippen LogP contribution in [-0.2, 0) is 11.4 Å². The van der Waals surface area contributed by atoms with Crippen LogP contribution in [0, 0.1) is 5.82 Å². The molecule has 2 unspecified atom stereocenters. The average molecular weight is 665 g/mol. The van der Waals surface area contributed by atoms with E-state index in [9.17, 15) is 28.5 Å². The smallest absolute Gasteiger partial charge is 0.225 e. The standard InChI is InChI=1S/C29H30ClFN4O7S2/c30-23-9-19(4-5-26(23)41-14-17-2-1-3-18(31)8-17)34-29-22-11-25(35-28(38)10-21-6-7-44(39,40)43-21)27(42-15-20(37)13-36)12-24(22)32-16-33-29/h1-5,8-9,11-12,16,20-21,36-37,39-40H,6-7,10,13-15H2,(H,35,38)(H,32,33,34). The summed E-state index contributed by atoms with van der Waals surface area (Å²) < 4.78 is 44.8. The minimum Gasteiger partial charge on any atom is -0.489 e.